The van der Waals surface area contributed by atoms with Crippen LogP contribution in [-0.4, -0.2) is 73.3 Å². The Kier molecular flexibility index (Phi) is 6.09. The number of anilines is 1. The van der Waals surface area contributed by atoms with Gasteiger partial charge in [0, 0.05) is 57.9 Å². The Morgan fingerprint density at radius 3 is 2.38 bits per heavy atom. The smallest absolute Gasteiger partial charge is 0.312 e. The Balaban J connectivity index is 1.36. The van der Waals surface area contributed by atoms with Crippen molar-refractivity contribution in [3.63, 3.8) is 0 Å². The maximum absolute atomic E-state index is 12.3. The van der Waals surface area contributed by atoms with Crippen LogP contribution in [0.5, 0.6) is 0 Å². The first-order valence-electron chi connectivity index (χ1n) is 9.30. The highest BCUT2D eigenvalue weighted by Gasteiger charge is 2.26. The molecule has 0 bridgehead atoms. The number of hydrogen-bond acceptors (Lipinski definition) is 4. The summed E-state index contributed by atoms with van der Waals surface area (Å²) in [6.45, 7) is 4.39. The first kappa shape index (κ1) is 18.2. The number of para-hydroxylation sites is 1. The van der Waals surface area contributed by atoms with Crippen LogP contribution in [-0.2, 0) is 14.4 Å². The van der Waals surface area contributed by atoms with E-state index in [0.717, 1.165) is 31.7 Å². The Hall–Kier alpha value is -2.57. The maximum atomic E-state index is 12.3. The van der Waals surface area contributed by atoms with Crippen molar-refractivity contribution in [3.05, 3.63) is 30.3 Å². The van der Waals surface area contributed by atoms with Crippen molar-refractivity contribution >= 4 is 23.4 Å². The highest BCUT2D eigenvalue weighted by atomic mass is 16.2. The summed E-state index contributed by atoms with van der Waals surface area (Å²) in [5, 5.41) is 2.68. The summed E-state index contributed by atoms with van der Waals surface area (Å²) in [7, 11) is 0. The van der Waals surface area contributed by atoms with Crippen LogP contribution in [0.25, 0.3) is 0 Å². The van der Waals surface area contributed by atoms with Crippen molar-refractivity contribution in [1.82, 2.24) is 15.1 Å². The van der Waals surface area contributed by atoms with E-state index in [1.54, 1.807) is 4.90 Å². The normalized spacial score (nSPS) is 17.5. The van der Waals surface area contributed by atoms with Gasteiger partial charge in [0.15, 0.2) is 0 Å². The van der Waals surface area contributed by atoms with Crippen LogP contribution in [0.1, 0.15) is 19.3 Å². The van der Waals surface area contributed by atoms with E-state index in [4.69, 9.17) is 0 Å². The molecule has 2 saturated heterocycles. The Labute approximate surface area is 153 Å². The second-order valence-corrected chi connectivity index (χ2v) is 6.71. The van der Waals surface area contributed by atoms with Crippen molar-refractivity contribution in [2.24, 2.45) is 0 Å². The zero-order valence-electron chi connectivity index (χ0n) is 15.0. The predicted octanol–water partition coefficient (Wildman–Crippen LogP) is 0.464. The standard InChI is InChI=1S/C19H26N4O3/c24-17-8-4-10-22(17)11-5-9-20-18(25)19(26)23-14-12-21(13-15-23)16-6-2-1-3-7-16/h1-3,6-7H,4-5,8-15H2,(H,20,25). The molecule has 7 heteroatoms. The Morgan fingerprint density at radius 1 is 1.00 bits per heavy atom. The molecule has 0 atom stereocenters. The summed E-state index contributed by atoms with van der Waals surface area (Å²) in [6.07, 6.45) is 2.21. The van der Waals surface area contributed by atoms with Crippen LogP contribution < -0.4 is 10.2 Å². The van der Waals surface area contributed by atoms with Crippen LogP contribution in [0.4, 0.5) is 5.69 Å². The van der Waals surface area contributed by atoms with Gasteiger partial charge < -0.3 is 20.0 Å². The molecule has 140 valence electrons. The van der Waals surface area contributed by atoms with Gasteiger partial charge in [-0.05, 0) is 25.0 Å². The van der Waals surface area contributed by atoms with Gasteiger partial charge in [-0.3, -0.25) is 14.4 Å². The fourth-order valence-corrected chi connectivity index (χ4v) is 3.44. The van der Waals surface area contributed by atoms with Crippen LogP contribution in [0.15, 0.2) is 30.3 Å². The highest BCUT2D eigenvalue weighted by molar-refractivity contribution is 6.35. The zero-order chi connectivity index (χ0) is 18.4. The summed E-state index contributed by atoms with van der Waals surface area (Å²) >= 11 is 0. The lowest BCUT2D eigenvalue weighted by atomic mass is 10.2. The molecule has 2 fully saturated rings. The van der Waals surface area contributed by atoms with E-state index < -0.39 is 11.8 Å². The highest BCUT2D eigenvalue weighted by Crippen LogP contribution is 2.15. The summed E-state index contributed by atoms with van der Waals surface area (Å²) in [5.41, 5.74) is 1.14. The minimum absolute atomic E-state index is 0.184. The summed E-state index contributed by atoms with van der Waals surface area (Å²) < 4.78 is 0. The van der Waals surface area contributed by atoms with E-state index in [2.05, 4.69) is 22.3 Å². The van der Waals surface area contributed by atoms with Gasteiger partial charge in [-0.1, -0.05) is 18.2 Å². The molecule has 7 nitrogen and oxygen atoms in total. The fourth-order valence-electron chi connectivity index (χ4n) is 3.44. The van der Waals surface area contributed by atoms with E-state index >= 15 is 0 Å². The third-order valence-electron chi connectivity index (χ3n) is 4.94. The van der Waals surface area contributed by atoms with Gasteiger partial charge in [-0.15, -0.1) is 0 Å². The zero-order valence-corrected chi connectivity index (χ0v) is 15.0. The maximum Gasteiger partial charge on any atom is 0.312 e. The fraction of sp³-hybridized carbons (Fsp3) is 0.526. The number of carbonyl (C=O) groups excluding carboxylic acids is 3. The van der Waals surface area contributed by atoms with Crippen LogP contribution >= 0.6 is 0 Å². The van der Waals surface area contributed by atoms with Crippen LogP contribution in [0.2, 0.25) is 0 Å². The molecular weight excluding hydrogens is 332 g/mol. The average Bonchev–Trinajstić information content (AvgIpc) is 3.10. The number of benzene rings is 1. The third-order valence-corrected chi connectivity index (χ3v) is 4.94. The lowest BCUT2D eigenvalue weighted by Gasteiger charge is -2.35. The first-order valence-corrected chi connectivity index (χ1v) is 9.30. The van der Waals surface area contributed by atoms with Crippen LogP contribution in [0.3, 0.4) is 0 Å². The Bertz CT molecular complexity index is 641. The van der Waals surface area contributed by atoms with Gasteiger partial charge in [-0.25, -0.2) is 0 Å². The van der Waals surface area contributed by atoms with Crippen molar-refractivity contribution in [3.8, 4) is 0 Å². The van der Waals surface area contributed by atoms with Gasteiger partial charge in [0.25, 0.3) is 0 Å². The molecule has 2 aliphatic rings. The molecule has 2 heterocycles. The van der Waals surface area contributed by atoms with E-state index in [9.17, 15) is 14.4 Å². The first-order chi connectivity index (χ1) is 12.6. The molecule has 0 radical (unpaired) electrons. The molecule has 3 amide bonds. The van der Waals surface area contributed by atoms with Gasteiger partial charge in [0.1, 0.15) is 0 Å². The van der Waals surface area contributed by atoms with Crippen LogP contribution in [0, 0.1) is 0 Å². The molecular formula is C19H26N4O3. The molecule has 2 aliphatic heterocycles. The second-order valence-electron chi connectivity index (χ2n) is 6.71. The van der Waals surface area contributed by atoms with E-state index in [-0.39, 0.29) is 5.91 Å². The molecule has 0 aliphatic carbocycles. The van der Waals surface area contributed by atoms with E-state index in [1.807, 2.05) is 23.1 Å². The predicted molar refractivity (Wildman–Crippen MR) is 98.7 cm³/mol. The number of piperazine rings is 1. The molecule has 3 rings (SSSR count). The molecule has 0 unspecified atom stereocenters. The van der Waals surface area contributed by atoms with Crippen molar-refractivity contribution < 1.29 is 14.4 Å². The monoisotopic (exact) mass is 358 g/mol. The number of likely N-dealkylation sites (tertiary alicyclic amines) is 1. The molecule has 0 aromatic heterocycles. The van der Waals surface area contributed by atoms with Gasteiger partial charge in [-0.2, -0.15) is 0 Å². The molecule has 0 saturated carbocycles. The number of hydrogen-bond donors (Lipinski definition) is 1. The van der Waals surface area contributed by atoms with Crippen molar-refractivity contribution in [2.45, 2.75) is 19.3 Å². The van der Waals surface area contributed by atoms with Crippen molar-refractivity contribution in [1.29, 1.82) is 0 Å². The number of nitrogens with zero attached hydrogens (tertiary/aromatic N) is 3. The number of carbonyl (C=O) groups is 3. The molecule has 1 N–H and O–H groups in total. The SMILES string of the molecule is O=C(NCCCN1CCCC1=O)C(=O)N1CCN(c2ccccc2)CC1. The molecule has 0 spiro atoms. The number of amides is 3. The summed E-state index contributed by atoms with van der Waals surface area (Å²) in [6, 6.07) is 10.1. The van der Waals surface area contributed by atoms with E-state index in [1.165, 1.54) is 0 Å². The molecule has 26 heavy (non-hydrogen) atoms. The lowest BCUT2D eigenvalue weighted by Crippen LogP contribution is -2.52. The average molecular weight is 358 g/mol. The van der Waals surface area contributed by atoms with E-state index in [0.29, 0.717) is 39.0 Å². The minimum atomic E-state index is -0.550. The van der Waals surface area contributed by atoms with Gasteiger partial charge in [0.2, 0.25) is 5.91 Å². The quantitative estimate of drug-likeness (QED) is 0.613. The van der Waals surface area contributed by atoms with Gasteiger partial charge >= 0.3 is 11.8 Å². The second kappa shape index (κ2) is 8.69. The summed E-state index contributed by atoms with van der Waals surface area (Å²) in [4.78, 5) is 41.5. The molecule has 1 aromatic carbocycles. The lowest BCUT2D eigenvalue weighted by molar-refractivity contribution is -0.146. The Morgan fingerprint density at radius 2 is 1.73 bits per heavy atom. The third kappa shape index (κ3) is 4.53. The molecule has 1 aromatic rings. The topological polar surface area (TPSA) is 73.0 Å². The number of rotatable bonds is 5. The van der Waals surface area contributed by atoms with Gasteiger partial charge in [0.05, 0.1) is 0 Å². The van der Waals surface area contributed by atoms with Crippen molar-refractivity contribution in [2.75, 3.05) is 50.7 Å². The largest absolute Gasteiger partial charge is 0.368 e. The summed E-state index contributed by atoms with van der Waals surface area (Å²) in [5.74, 6) is -0.829. The number of nitrogens with one attached hydrogen (secondary N) is 1. The minimum Gasteiger partial charge on any atom is -0.368 e.